The van der Waals surface area contributed by atoms with Crippen molar-refractivity contribution >= 4 is 70.6 Å². The summed E-state index contributed by atoms with van der Waals surface area (Å²) in [5, 5.41) is 132. The van der Waals surface area contributed by atoms with Crippen LogP contribution in [0.25, 0.3) is 11.1 Å². The number of halogens is 1. The molecule has 40 nitrogen and oxygen atoms in total. The van der Waals surface area contributed by atoms with E-state index < -0.39 is 204 Å². The number of fused-ring (bicyclic) bond motifs is 15. The minimum atomic E-state index is -2.39. The number of aliphatic hydroxyl groups is 6. The maximum Gasteiger partial charge on any atom is 0.325 e. The number of aromatic hydroxyl groups is 2. The maximum absolute atomic E-state index is 16.9. The van der Waals surface area contributed by atoms with E-state index in [0.717, 1.165) is 44.2 Å². The summed E-state index contributed by atoms with van der Waals surface area (Å²) in [5.74, 6) is -11.2. The minimum absolute atomic E-state index is 0.00209. The Balaban J connectivity index is 0.946. The molecule has 7 heterocycles. The van der Waals surface area contributed by atoms with Gasteiger partial charge in [0.05, 0.1) is 42.0 Å². The number of imide groups is 1. The van der Waals surface area contributed by atoms with Crippen LogP contribution in [0.5, 0.6) is 57.5 Å². The van der Waals surface area contributed by atoms with Crippen LogP contribution in [0.3, 0.4) is 0 Å². The lowest BCUT2D eigenvalue weighted by Crippen LogP contribution is -2.64. The Morgan fingerprint density at radius 2 is 1.23 bits per heavy atom. The van der Waals surface area contributed by atoms with Gasteiger partial charge in [-0.2, -0.15) is 0 Å². The van der Waals surface area contributed by atoms with E-state index >= 15 is 33.6 Å². The molecular formula is C97H127ClN14O26. The molecule has 4 aliphatic carbocycles. The molecule has 18 atom stereocenters. The number of nitrogens with two attached hydrogens (primary N) is 1. The number of carbonyl (C=O) groups excluding carboxylic acids is 9. The standard InChI is InChI=1S/C97H127ClN14O26/c1-11-101-20-23-130-66-38-56(39-67(131-24-21-102-12-2)84(66)132-25-22-103-13-3)104-96(129)106-71(116)41-62-89(123)108-76-55-36-68(134-64-18-15-51(27-45(64)6)80(117)78(93(127)105-62)111-88(122)61(100-10)26-44(4)5)85(138-95-86(83(120)82(119)70(43-113)136-95)137-72-42-97(9,99)87(121)47(8)133-72)69(37-55)135-65-19-16-52(35-60(65)98)81(118)79-94(128)110-77(92(126)107-74-53-30-48-29-49(32-53)33-54(74)31-48)59-40-57(114)28-46(7)73(59)58-34-50(14-17-63(58)115)75(90(124)112-79)109-91(76)125/h14-19,27-28,34-40,44,47-49,53-54,61-62,70,72,74-83,86-87,95,100-103,113-115,117-121H,11-13,20-26,29-33,41-43,99H2,1-10H3,(H,105,127)(H,107,126)(H,108,123)(H,109,125)(H,110,128)(H,111,122)(H,112,124)(H2,104,106,116,129)/t47-,48?,49?,53?,54?,61+,62-,70+,72-,74?,75+,76+,77-,78+,79-,80+,81+,82+,83-,86+,87+,95-,97-/m0/s1. The van der Waals surface area contributed by atoms with Gasteiger partial charge in [0.2, 0.25) is 65.0 Å². The van der Waals surface area contributed by atoms with E-state index in [9.17, 15) is 50.4 Å². The smallest absolute Gasteiger partial charge is 0.325 e. The Bertz CT molecular complexity index is 5400. The van der Waals surface area contributed by atoms with Gasteiger partial charge >= 0.3 is 6.03 Å². The van der Waals surface area contributed by atoms with Gasteiger partial charge in [-0.25, -0.2) is 4.79 Å². The number of phenolic OH excluding ortho intramolecular Hbond substituents is 2. The highest BCUT2D eigenvalue weighted by molar-refractivity contribution is 6.32. The Hall–Kier alpha value is -11.3. The largest absolute Gasteiger partial charge is 0.508 e. The molecule has 15 bridgehead atoms. The first-order valence-electron chi connectivity index (χ1n) is 47.1. The van der Waals surface area contributed by atoms with Crippen molar-refractivity contribution < 1.29 is 127 Å². The van der Waals surface area contributed by atoms with Gasteiger partial charge in [0.25, 0.3) is 0 Å². The monoisotopic (exact) mass is 1940 g/mol. The molecule has 41 heteroatoms. The lowest BCUT2D eigenvalue weighted by Gasteiger charge is -2.54. The van der Waals surface area contributed by atoms with E-state index in [1.54, 1.807) is 6.92 Å². The quantitative estimate of drug-likeness (QED) is 0.0283. The fraction of sp³-hybridized carbons (Fsp3) is 0.536. The molecule has 6 aromatic rings. The highest BCUT2D eigenvalue weighted by atomic mass is 35.5. The molecule has 10 amide bonds. The first-order chi connectivity index (χ1) is 65.9. The van der Waals surface area contributed by atoms with Crippen LogP contribution in [-0.2, 0) is 52.6 Å². The number of urea groups is 1. The molecule has 23 N–H and O–H groups in total. The van der Waals surface area contributed by atoms with Crippen LogP contribution < -0.4 is 103 Å². The lowest BCUT2D eigenvalue weighted by atomic mass is 9.54. The van der Waals surface area contributed by atoms with Crippen LogP contribution in [0.2, 0.25) is 5.02 Å². The molecule has 0 radical (unpaired) electrons. The predicted molar refractivity (Wildman–Crippen MR) is 500 cm³/mol. The third-order valence-electron chi connectivity index (χ3n) is 26.6. The number of rotatable bonds is 30. The van der Waals surface area contributed by atoms with Crippen LogP contribution in [0, 0.1) is 43.4 Å². The number of ether oxygens (including phenoxy) is 9. The van der Waals surface area contributed by atoms with Crippen molar-refractivity contribution in [3.05, 3.63) is 135 Å². The summed E-state index contributed by atoms with van der Waals surface area (Å²) in [6, 6.07) is 3.56. The second-order valence-corrected chi connectivity index (χ2v) is 37.8. The molecule has 4 saturated carbocycles. The van der Waals surface area contributed by atoms with E-state index in [-0.39, 0.29) is 146 Å². The summed E-state index contributed by atoms with van der Waals surface area (Å²) < 4.78 is 58.4. The van der Waals surface area contributed by atoms with Gasteiger partial charge in [-0.15, -0.1) is 0 Å². The van der Waals surface area contributed by atoms with E-state index in [2.05, 4.69) is 69.1 Å². The second kappa shape index (κ2) is 44.9. The molecule has 0 spiro atoms. The number of amides is 10. The van der Waals surface area contributed by atoms with Gasteiger partial charge in [-0.05, 0) is 228 Å². The van der Waals surface area contributed by atoms with Gasteiger partial charge in [0.1, 0.15) is 110 Å². The molecule has 7 aliphatic heterocycles. The van der Waals surface area contributed by atoms with E-state index in [1.807, 2.05) is 34.6 Å². The molecule has 17 rings (SSSR count). The van der Waals surface area contributed by atoms with Crippen molar-refractivity contribution in [1.82, 2.24) is 63.8 Å². The number of carbonyl (C=O) groups is 9. The summed E-state index contributed by atoms with van der Waals surface area (Å²) in [7, 11) is 1.50. The zero-order valence-electron chi connectivity index (χ0n) is 78.5. The van der Waals surface area contributed by atoms with Crippen molar-refractivity contribution in [2.75, 3.05) is 78.1 Å². The SMILES string of the molecule is CCNCCOc1cc(NC(=O)NC(=O)C[C@@H]2NC(=O)[C@H](NC(=O)[C@@H](CC(C)C)NC)[C@H](O)c3ccc(c(C)c3)Oc3cc4cc(c3O[C@@H]3O[C@H](CO)[C@@H](O)[C@H](O)[C@H]3O[C@H]3C[C@](C)(N)[C@H](O)[C@H](C)O3)Oc3ccc(cc3Cl)[C@@H](O)[C@@H]3NC(=O)[C@H](NC(=O)[C@@H]4NC2=O)c2ccc(O)c(c2)-c2c(C)cc(O)cc2[C@@H](C(=O)NC2C4CC5CC(C4)CC2C5)NC3=O)cc(OCCNCC)c1OCCNCC. The zero-order valence-corrected chi connectivity index (χ0v) is 79.3. The molecule has 748 valence electrons. The van der Waals surface area contributed by atoms with Crippen molar-refractivity contribution in [3.63, 3.8) is 0 Å². The van der Waals surface area contributed by atoms with E-state index in [0.29, 0.717) is 51.1 Å². The number of nitrogens with one attached hydrogen (secondary N) is 13. The van der Waals surface area contributed by atoms with Crippen molar-refractivity contribution in [2.45, 2.75) is 229 Å². The number of hydrogen-bond acceptors (Lipinski definition) is 31. The van der Waals surface area contributed by atoms with Gasteiger partial charge in [-0.1, -0.05) is 64.4 Å². The number of aliphatic hydroxyl groups excluding tert-OH is 6. The van der Waals surface area contributed by atoms with Gasteiger partial charge in [0.15, 0.2) is 35.4 Å². The summed E-state index contributed by atoms with van der Waals surface area (Å²) in [6.07, 6.45) is -14.2. The molecule has 0 unspecified atom stereocenters. The van der Waals surface area contributed by atoms with E-state index in [1.165, 1.54) is 107 Å². The lowest BCUT2D eigenvalue weighted by molar-refractivity contribution is -0.333. The first-order valence-corrected chi connectivity index (χ1v) is 47.4. The van der Waals surface area contributed by atoms with Crippen LogP contribution >= 0.6 is 11.6 Å². The Labute approximate surface area is 803 Å². The van der Waals surface area contributed by atoms with Crippen molar-refractivity contribution in [2.24, 2.45) is 35.3 Å². The highest BCUT2D eigenvalue weighted by Crippen LogP contribution is 2.55. The summed E-state index contributed by atoms with van der Waals surface area (Å²) in [4.78, 5) is 142. The maximum atomic E-state index is 16.9. The Morgan fingerprint density at radius 3 is 1.84 bits per heavy atom. The number of hydrogen-bond donors (Lipinski definition) is 22. The van der Waals surface area contributed by atoms with E-state index in [4.69, 9.17) is 60.0 Å². The number of anilines is 1. The molecule has 0 aromatic heterocycles. The molecule has 6 aromatic carbocycles. The Kier molecular flexibility index (Phi) is 33.3. The predicted octanol–water partition coefficient (Wildman–Crippen LogP) is 4.05. The molecule has 6 fully saturated rings. The number of likely N-dealkylation sites (N-methyl/N-ethyl adjacent to an activating group) is 4. The number of aryl methyl sites for hydroxylation is 2. The highest BCUT2D eigenvalue weighted by Gasteiger charge is 2.54. The second-order valence-electron chi connectivity index (χ2n) is 37.4. The molecule has 11 aliphatic rings. The van der Waals surface area contributed by atoms with Crippen LogP contribution in [0.15, 0.2) is 91.0 Å². The molecule has 2 saturated heterocycles. The third kappa shape index (κ3) is 23.5. The number of benzene rings is 6. The summed E-state index contributed by atoms with van der Waals surface area (Å²) in [5.41, 5.74) is 4.60. The van der Waals surface area contributed by atoms with Crippen LogP contribution in [-0.4, -0.2) is 252 Å². The number of phenols is 2. The summed E-state index contributed by atoms with van der Waals surface area (Å²) >= 11 is 7.38. The topological polar surface area (TPSA) is 581 Å². The zero-order chi connectivity index (χ0) is 99.0. The fourth-order valence-corrected chi connectivity index (χ4v) is 20.1. The minimum Gasteiger partial charge on any atom is -0.508 e. The van der Waals surface area contributed by atoms with Crippen LogP contribution in [0.1, 0.15) is 169 Å². The van der Waals surface area contributed by atoms with Gasteiger partial charge in [0, 0.05) is 55.3 Å². The van der Waals surface area contributed by atoms with Crippen LogP contribution in [0.4, 0.5) is 10.5 Å². The molecule has 138 heavy (non-hydrogen) atoms. The average molecular weight is 1940 g/mol. The average Bonchev–Trinajstić information content (AvgIpc) is 0.689. The summed E-state index contributed by atoms with van der Waals surface area (Å²) in [6.45, 7) is 18.0. The fourth-order valence-electron chi connectivity index (χ4n) is 19.9. The van der Waals surface area contributed by atoms with Crippen molar-refractivity contribution in [1.29, 1.82) is 0 Å². The normalized spacial score (nSPS) is 28.5. The van der Waals surface area contributed by atoms with Gasteiger partial charge in [-0.3, -0.25) is 43.7 Å². The van der Waals surface area contributed by atoms with Gasteiger partial charge < -0.3 is 153 Å². The Morgan fingerprint density at radius 1 is 0.630 bits per heavy atom. The van der Waals surface area contributed by atoms with Crippen molar-refractivity contribution in [3.8, 4) is 68.6 Å². The molecular weight excluding hydrogens is 1810 g/mol. The third-order valence-corrected chi connectivity index (χ3v) is 26.9. The first kappa shape index (κ1) is 103.